The van der Waals surface area contributed by atoms with Gasteiger partial charge >= 0.3 is 0 Å². The lowest BCUT2D eigenvalue weighted by Gasteiger charge is -2.43. The zero-order valence-electron chi connectivity index (χ0n) is 21.8. The molecule has 186 valence electrons. The summed E-state index contributed by atoms with van der Waals surface area (Å²) in [4.78, 5) is 0. The highest BCUT2D eigenvalue weighted by atomic mass is 31.2. The van der Waals surface area contributed by atoms with Crippen molar-refractivity contribution in [2.24, 2.45) is 0 Å². The minimum absolute atomic E-state index is 0.203. The summed E-state index contributed by atoms with van der Waals surface area (Å²) in [6, 6.07) is 19.8. The van der Waals surface area contributed by atoms with E-state index >= 15 is 4.57 Å². The Labute approximate surface area is 210 Å². The predicted octanol–water partition coefficient (Wildman–Crippen LogP) is 7.81. The van der Waals surface area contributed by atoms with Crippen molar-refractivity contribution in [3.05, 3.63) is 54.6 Å². The molecule has 0 aromatic heterocycles. The van der Waals surface area contributed by atoms with Crippen LogP contribution in [0.15, 0.2) is 54.6 Å². The third-order valence-electron chi connectivity index (χ3n) is 7.91. The quantitative estimate of drug-likeness (QED) is 0.347. The normalized spacial score (nSPS) is 20.4. The maximum Gasteiger partial charge on any atom is 0.208 e. The molecule has 0 amide bonds. The fourth-order valence-electron chi connectivity index (χ4n) is 6.62. The van der Waals surface area contributed by atoms with E-state index in [1.165, 1.54) is 69.5 Å². The summed E-state index contributed by atoms with van der Waals surface area (Å²) in [5, 5.41) is 3.60. The molecule has 34 heavy (non-hydrogen) atoms. The monoisotopic (exact) mass is 497 g/mol. The maximum atomic E-state index is 15.6. The van der Waals surface area contributed by atoms with Gasteiger partial charge < -0.3 is 0 Å². The van der Waals surface area contributed by atoms with Crippen LogP contribution in [0.25, 0.3) is 0 Å². The number of nitrogens with zero attached hydrogens (tertiary/aromatic N) is 1. The first kappa shape index (κ1) is 26.1. The first-order valence-corrected chi connectivity index (χ1v) is 16.9. The van der Waals surface area contributed by atoms with Crippen molar-refractivity contribution >= 4 is 31.1 Å². The van der Waals surface area contributed by atoms with Crippen molar-refractivity contribution in [2.45, 2.75) is 115 Å². The van der Waals surface area contributed by atoms with Crippen molar-refractivity contribution < 1.29 is 4.57 Å². The molecule has 0 saturated heterocycles. The Morgan fingerprint density at radius 3 is 1.68 bits per heavy atom. The van der Waals surface area contributed by atoms with Crippen LogP contribution in [0.1, 0.15) is 91.9 Å². The summed E-state index contributed by atoms with van der Waals surface area (Å²) in [6.07, 6.45) is 13.7. The average Bonchev–Trinajstić information content (AvgIpc) is 2.86. The standard InChI is InChI=1S/C30H45NOP2/c1-24(2)31(25(3)4)34(32,28-20-12-7-13-21-28)30-23-15-14-22-29(30)33(26-16-8-5-9-17-26)27-18-10-6-11-19-27/h7,12-15,20-27H,5-6,8-11,16-19H2,1-4H3. The fraction of sp³-hybridized carbons (Fsp3) is 0.600. The van der Waals surface area contributed by atoms with Crippen LogP contribution in [0.3, 0.4) is 0 Å². The van der Waals surface area contributed by atoms with Crippen LogP contribution < -0.4 is 15.9 Å². The lowest BCUT2D eigenvalue weighted by molar-refractivity contribution is 0.307. The molecular formula is C30H45NOP2. The Morgan fingerprint density at radius 2 is 1.18 bits per heavy atom. The van der Waals surface area contributed by atoms with Gasteiger partial charge in [-0.15, -0.1) is 0 Å². The van der Waals surface area contributed by atoms with Crippen molar-refractivity contribution in [3.8, 4) is 0 Å². The van der Waals surface area contributed by atoms with Crippen LogP contribution >= 0.6 is 15.2 Å². The molecule has 2 aromatic rings. The Kier molecular flexibility index (Phi) is 9.12. The average molecular weight is 498 g/mol. The number of rotatable bonds is 8. The highest BCUT2D eigenvalue weighted by Crippen LogP contribution is 2.58. The van der Waals surface area contributed by atoms with Gasteiger partial charge in [0.2, 0.25) is 7.29 Å². The van der Waals surface area contributed by atoms with Crippen molar-refractivity contribution in [2.75, 3.05) is 0 Å². The van der Waals surface area contributed by atoms with Crippen LogP contribution in [0.4, 0.5) is 0 Å². The van der Waals surface area contributed by atoms with Gasteiger partial charge in [0, 0.05) is 22.7 Å². The summed E-state index contributed by atoms with van der Waals surface area (Å²) >= 11 is 0. The molecule has 2 saturated carbocycles. The van der Waals surface area contributed by atoms with E-state index in [4.69, 9.17) is 0 Å². The summed E-state index contributed by atoms with van der Waals surface area (Å²) in [5.74, 6) is 0. The third kappa shape index (κ3) is 5.40. The largest absolute Gasteiger partial charge is 0.296 e. The van der Waals surface area contributed by atoms with Gasteiger partial charge in [-0.3, -0.25) is 4.57 Å². The number of benzene rings is 2. The van der Waals surface area contributed by atoms with Gasteiger partial charge in [-0.05, 0) is 88.2 Å². The molecule has 0 radical (unpaired) electrons. The summed E-state index contributed by atoms with van der Waals surface area (Å²) < 4.78 is 18.0. The Balaban J connectivity index is 1.91. The van der Waals surface area contributed by atoms with Crippen molar-refractivity contribution in [3.63, 3.8) is 0 Å². The first-order valence-electron chi connectivity index (χ1n) is 13.8. The molecular weight excluding hydrogens is 452 g/mol. The van der Waals surface area contributed by atoms with Crippen LogP contribution in [0, 0.1) is 0 Å². The Hall–Kier alpha value is -0.940. The second-order valence-corrected chi connectivity index (χ2v) is 16.3. The topological polar surface area (TPSA) is 20.3 Å². The lowest BCUT2D eigenvalue weighted by Crippen LogP contribution is -2.45. The Bertz CT molecular complexity index is 919. The second kappa shape index (κ2) is 11.9. The lowest BCUT2D eigenvalue weighted by atomic mass is 9.99. The van der Waals surface area contributed by atoms with Crippen LogP contribution in [-0.2, 0) is 4.57 Å². The zero-order chi connectivity index (χ0) is 24.1. The fourth-order valence-corrected chi connectivity index (χ4v) is 14.5. The molecule has 0 spiro atoms. The van der Waals surface area contributed by atoms with Crippen molar-refractivity contribution in [1.29, 1.82) is 0 Å². The van der Waals surface area contributed by atoms with E-state index in [1.54, 1.807) is 0 Å². The van der Waals surface area contributed by atoms with Gasteiger partial charge in [-0.25, -0.2) is 4.67 Å². The van der Waals surface area contributed by atoms with Gasteiger partial charge in [0.15, 0.2) is 0 Å². The zero-order valence-corrected chi connectivity index (χ0v) is 23.6. The van der Waals surface area contributed by atoms with Gasteiger partial charge in [0.25, 0.3) is 0 Å². The molecule has 2 aliphatic rings. The Morgan fingerprint density at radius 1 is 0.706 bits per heavy atom. The van der Waals surface area contributed by atoms with E-state index in [1.807, 2.05) is 6.07 Å². The molecule has 2 nitrogen and oxygen atoms in total. The smallest absolute Gasteiger partial charge is 0.208 e. The van der Waals surface area contributed by atoms with Crippen LogP contribution in [0.2, 0.25) is 0 Å². The van der Waals surface area contributed by atoms with E-state index < -0.39 is 7.29 Å². The van der Waals surface area contributed by atoms with Gasteiger partial charge in [-0.1, -0.05) is 82.8 Å². The summed E-state index contributed by atoms with van der Waals surface area (Å²) in [6.45, 7) is 8.85. The molecule has 0 bridgehead atoms. The minimum Gasteiger partial charge on any atom is -0.296 e. The van der Waals surface area contributed by atoms with Crippen LogP contribution in [-0.4, -0.2) is 28.1 Å². The molecule has 1 atom stereocenters. The van der Waals surface area contributed by atoms with E-state index in [0.29, 0.717) is 0 Å². The van der Waals surface area contributed by atoms with Crippen molar-refractivity contribution in [1.82, 2.24) is 4.67 Å². The third-order valence-corrected chi connectivity index (χ3v) is 15.3. The molecule has 0 heterocycles. The van der Waals surface area contributed by atoms with E-state index in [9.17, 15) is 0 Å². The summed E-state index contributed by atoms with van der Waals surface area (Å²) in [7, 11) is -3.32. The first-order chi connectivity index (χ1) is 16.4. The van der Waals surface area contributed by atoms with E-state index in [0.717, 1.165) is 21.9 Å². The highest BCUT2D eigenvalue weighted by Gasteiger charge is 2.42. The molecule has 4 rings (SSSR count). The second-order valence-electron chi connectivity index (χ2n) is 11.0. The van der Waals surface area contributed by atoms with Gasteiger partial charge in [0.05, 0.1) is 0 Å². The number of hydrogen-bond acceptors (Lipinski definition) is 1. The molecule has 0 N–H and O–H groups in total. The van der Waals surface area contributed by atoms with Crippen LogP contribution in [0.5, 0.6) is 0 Å². The molecule has 0 aliphatic heterocycles. The SMILES string of the molecule is CC(C)N(C(C)C)P(=O)(c1ccccc1)c1ccccc1P(C1CCCCC1)C1CCCCC1. The molecule has 2 aliphatic carbocycles. The maximum absolute atomic E-state index is 15.6. The van der Waals surface area contributed by atoms with Gasteiger partial charge in [0.1, 0.15) is 0 Å². The van der Waals surface area contributed by atoms with Gasteiger partial charge in [-0.2, -0.15) is 0 Å². The summed E-state index contributed by atoms with van der Waals surface area (Å²) in [5.41, 5.74) is 1.59. The molecule has 4 heteroatoms. The number of hydrogen-bond donors (Lipinski definition) is 0. The van der Waals surface area contributed by atoms with E-state index in [2.05, 4.69) is 80.9 Å². The van der Waals surface area contributed by atoms with E-state index in [-0.39, 0.29) is 20.0 Å². The molecule has 2 fully saturated rings. The molecule has 2 aromatic carbocycles. The predicted molar refractivity (Wildman–Crippen MR) is 152 cm³/mol. The highest BCUT2D eigenvalue weighted by molar-refractivity contribution is 7.79. The molecule has 1 unspecified atom stereocenters. The minimum atomic E-state index is -2.99.